The molecule has 2 fully saturated rings. The first-order valence-electron chi connectivity index (χ1n) is 7.83. The van der Waals surface area contributed by atoms with Crippen LogP contribution >= 0.6 is 24.8 Å². The third kappa shape index (κ3) is 3.99. The molecule has 0 bridgehead atoms. The summed E-state index contributed by atoms with van der Waals surface area (Å²) in [4.78, 5) is 32.6. The lowest BCUT2D eigenvalue weighted by Crippen LogP contribution is -2.62. The van der Waals surface area contributed by atoms with Crippen molar-refractivity contribution in [3.8, 4) is 0 Å². The fourth-order valence-electron chi connectivity index (χ4n) is 3.43. The average Bonchev–Trinajstić information content (AvgIpc) is 2.99. The highest BCUT2D eigenvalue weighted by molar-refractivity contribution is 5.91. The number of hydrogen-bond donors (Lipinski definition) is 1. The summed E-state index contributed by atoms with van der Waals surface area (Å²) in [6, 6.07) is 2.85. The van der Waals surface area contributed by atoms with Crippen LogP contribution in [0.15, 0.2) is 24.5 Å². The van der Waals surface area contributed by atoms with Gasteiger partial charge in [-0.25, -0.2) is 0 Å². The number of piperazine rings is 1. The van der Waals surface area contributed by atoms with Crippen LogP contribution in [0.5, 0.6) is 0 Å². The summed E-state index contributed by atoms with van der Waals surface area (Å²) in [5, 5.41) is 0. The van der Waals surface area contributed by atoms with Gasteiger partial charge in [-0.15, -0.1) is 24.8 Å². The van der Waals surface area contributed by atoms with Crippen LogP contribution in [0.25, 0.3) is 0 Å². The van der Waals surface area contributed by atoms with E-state index in [-0.39, 0.29) is 42.7 Å². The van der Waals surface area contributed by atoms with Crippen molar-refractivity contribution < 1.29 is 9.59 Å². The first-order valence-corrected chi connectivity index (χ1v) is 7.83. The molecule has 2 amide bonds. The van der Waals surface area contributed by atoms with Gasteiger partial charge in [0.2, 0.25) is 11.8 Å². The van der Waals surface area contributed by atoms with Gasteiger partial charge in [0.05, 0.1) is 6.04 Å². The number of hydrogen-bond acceptors (Lipinski definition) is 4. The number of nitrogens with zero attached hydrogens (tertiary/aromatic N) is 3. The average molecular weight is 375 g/mol. The number of carbonyl (C=O) groups is 2. The van der Waals surface area contributed by atoms with Crippen LogP contribution in [0.4, 0.5) is 0 Å². The number of fused-ring (bicyclic) bond motifs is 1. The zero-order valence-corrected chi connectivity index (χ0v) is 15.3. The summed E-state index contributed by atoms with van der Waals surface area (Å²) in [5.74, 6) is -0.0811. The van der Waals surface area contributed by atoms with Crippen LogP contribution in [-0.4, -0.2) is 57.8 Å². The van der Waals surface area contributed by atoms with E-state index in [9.17, 15) is 9.59 Å². The van der Waals surface area contributed by atoms with Crippen molar-refractivity contribution >= 4 is 36.6 Å². The molecule has 3 rings (SSSR count). The van der Waals surface area contributed by atoms with Gasteiger partial charge in [-0.3, -0.25) is 14.6 Å². The molecule has 134 valence electrons. The molecule has 2 saturated heterocycles. The van der Waals surface area contributed by atoms with E-state index in [2.05, 4.69) is 4.98 Å². The molecule has 2 N–H and O–H groups in total. The number of nitrogens with two attached hydrogens (primary N) is 1. The topological polar surface area (TPSA) is 79.5 Å². The predicted molar refractivity (Wildman–Crippen MR) is 96.3 cm³/mol. The Kier molecular flexibility index (Phi) is 7.45. The molecule has 0 aliphatic carbocycles. The minimum absolute atomic E-state index is 0. The highest BCUT2D eigenvalue weighted by Gasteiger charge is 2.42. The zero-order chi connectivity index (χ0) is 15.7. The van der Waals surface area contributed by atoms with Crippen LogP contribution < -0.4 is 5.73 Å². The maximum atomic E-state index is 12.7. The van der Waals surface area contributed by atoms with Crippen LogP contribution in [0.1, 0.15) is 25.3 Å². The van der Waals surface area contributed by atoms with Crippen molar-refractivity contribution in [2.75, 3.05) is 13.1 Å². The van der Waals surface area contributed by atoms with Crippen molar-refractivity contribution in [1.82, 2.24) is 14.8 Å². The molecule has 0 radical (unpaired) electrons. The Bertz CT molecular complexity index is 572. The summed E-state index contributed by atoms with van der Waals surface area (Å²) in [5.41, 5.74) is 7.07. The number of amides is 2. The Morgan fingerprint density at radius 1 is 1.38 bits per heavy atom. The largest absolute Gasteiger partial charge is 0.336 e. The van der Waals surface area contributed by atoms with Gasteiger partial charge in [-0.1, -0.05) is 0 Å². The van der Waals surface area contributed by atoms with Gasteiger partial charge in [0.15, 0.2) is 0 Å². The summed E-state index contributed by atoms with van der Waals surface area (Å²) in [6.07, 6.45) is 5.84. The number of rotatable bonds is 3. The molecule has 3 atom stereocenters. The second-order valence-electron chi connectivity index (χ2n) is 6.16. The molecular formula is C16H24Cl2N4O2. The quantitative estimate of drug-likeness (QED) is 0.856. The van der Waals surface area contributed by atoms with Crippen LogP contribution in [-0.2, 0) is 16.0 Å². The number of halogens is 2. The van der Waals surface area contributed by atoms with Crippen LogP contribution in [0.2, 0.25) is 0 Å². The third-order valence-electron chi connectivity index (χ3n) is 4.70. The van der Waals surface area contributed by atoms with E-state index >= 15 is 0 Å². The Hall–Kier alpha value is -1.37. The molecule has 0 saturated carbocycles. The van der Waals surface area contributed by atoms with Crippen LogP contribution in [0, 0.1) is 0 Å². The third-order valence-corrected chi connectivity index (χ3v) is 4.70. The summed E-state index contributed by atoms with van der Waals surface area (Å²) < 4.78 is 0. The second kappa shape index (κ2) is 8.65. The van der Waals surface area contributed by atoms with Gasteiger partial charge in [0.25, 0.3) is 0 Å². The predicted octanol–water partition coefficient (Wildman–Crippen LogP) is 1.02. The molecule has 1 aromatic heterocycles. The normalized spacial score (nSPS) is 23.8. The lowest BCUT2D eigenvalue weighted by Gasteiger charge is -2.42. The molecular weight excluding hydrogens is 351 g/mol. The van der Waals surface area contributed by atoms with E-state index < -0.39 is 12.1 Å². The molecule has 2 aliphatic heterocycles. The fraction of sp³-hybridized carbons (Fsp3) is 0.562. The Morgan fingerprint density at radius 2 is 2.04 bits per heavy atom. The lowest BCUT2D eigenvalue weighted by molar-refractivity contribution is -0.153. The molecule has 0 spiro atoms. The minimum Gasteiger partial charge on any atom is -0.336 e. The van der Waals surface area contributed by atoms with Crippen molar-refractivity contribution in [2.45, 2.75) is 44.3 Å². The van der Waals surface area contributed by atoms with Gasteiger partial charge in [0, 0.05) is 31.5 Å². The van der Waals surface area contributed by atoms with Gasteiger partial charge >= 0.3 is 0 Å². The lowest BCUT2D eigenvalue weighted by atomic mass is 10.0. The molecule has 1 aromatic rings. The van der Waals surface area contributed by atoms with Crippen molar-refractivity contribution in [1.29, 1.82) is 0 Å². The summed E-state index contributed by atoms with van der Waals surface area (Å²) >= 11 is 0. The number of carbonyl (C=O) groups excluding carboxylic acids is 2. The fourth-order valence-corrected chi connectivity index (χ4v) is 3.43. The molecule has 24 heavy (non-hydrogen) atoms. The first-order chi connectivity index (χ1) is 10.6. The molecule has 8 heteroatoms. The van der Waals surface area contributed by atoms with Gasteiger partial charge in [-0.05, 0) is 43.9 Å². The number of pyridine rings is 1. The molecule has 0 unspecified atom stereocenters. The van der Waals surface area contributed by atoms with E-state index in [4.69, 9.17) is 5.73 Å². The smallest absolute Gasteiger partial charge is 0.245 e. The van der Waals surface area contributed by atoms with Crippen molar-refractivity contribution in [2.24, 2.45) is 5.73 Å². The maximum Gasteiger partial charge on any atom is 0.245 e. The monoisotopic (exact) mass is 374 g/mol. The van der Waals surface area contributed by atoms with Gasteiger partial charge in [-0.2, -0.15) is 0 Å². The highest BCUT2D eigenvalue weighted by Crippen LogP contribution is 2.26. The Morgan fingerprint density at radius 3 is 2.71 bits per heavy atom. The first kappa shape index (κ1) is 20.7. The summed E-state index contributed by atoms with van der Waals surface area (Å²) in [7, 11) is 0. The van der Waals surface area contributed by atoms with Crippen molar-refractivity contribution in [3.05, 3.63) is 30.1 Å². The standard InChI is InChI=1S/C16H22N4O2.2ClH/c1-11-15(21)19-8-2-3-13(19)10-20(11)16(22)14(17)9-12-4-6-18-7-5-12;;/h4-7,11,13-14H,2-3,8-10,17H2,1H3;2*1H/t11-,13-,14+;;/m0../s1. The van der Waals surface area contributed by atoms with E-state index in [0.29, 0.717) is 13.0 Å². The van der Waals surface area contributed by atoms with Gasteiger partial charge < -0.3 is 15.5 Å². The molecule has 3 heterocycles. The minimum atomic E-state index is -0.620. The molecule has 0 aromatic carbocycles. The van der Waals surface area contributed by atoms with E-state index in [0.717, 1.165) is 24.9 Å². The van der Waals surface area contributed by atoms with E-state index in [1.165, 1.54) is 0 Å². The maximum absolute atomic E-state index is 12.7. The van der Waals surface area contributed by atoms with E-state index in [1.54, 1.807) is 24.2 Å². The molecule has 6 nitrogen and oxygen atoms in total. The summed E-state index contributed by atoms with van der Waals surface area (Å²) in [6.45, 7) is 3.22. The van der Waals surface area contributed by atoms with Crippen molar-refractivity contribution in [3.63, 3.8) is 0 Å². The molecule has 2 aliphatic rings. The highest BCUT2D eigenvalue weighted by atomic mass is 35.5. The van der Waals surface area contributed by atoms with Crippen LogP contribution in [0.3, 0.4) is 0 Å². The second-order valence-corrected chi connectivity index (χ2v) is 6.16. The Balaban J connectivity index is 0.00000144. The number of aromatic nitrogens is 1. The SMILES string of the molecule is C[C@H]1C(=O)N2CCC[C@H]2CN1C(=O)[C@H](N)Cc1ccncc1.Cl.Cl. The van der Waals surface area contributed by atoms with E-state index in [1.807, 2.05) is 17.0 Å². The Labute approximate surface area is 154 Å². The van der Waals surface area contributed by atoms with Gasteiger partial charge in [0.1, 0.15) is 6.04 Å². The zero-order valence-electron chi connectivity index (χ0n) is 13.6.